The van der Waals surface area contributed by atoms with Gasteiger partial charge < -0.3 is 4.42 Å². The predicted octanol–water partition coefficient (Wildman–Crippen LogP) is 5.15. The van der Waals surface area contributed by atoms with E-state index < -0.39 is 0 Å². The zero-order valence-electron chi connectivity index (χ0n) is 13.8. The Morgan fingerprint density at radius 1 is 1.20 bits per heavy atom. The number of imidazole rings is 1. The average Bonchev–Trinajstić information content (AvgIpc) is 3.35. The summed E-state index contributed by atoms with van der Waals surface area (Å²) in [5.41, 5.74) is 2.31. The van der Waals surface area contributed by atoms with E-state index in [1.807, 2.05) is 42.9 Å². The minimum absolute atomic E-state index is 0.00664. The number of aryl methyl sites for hydroxylation is 1. The second-order valence-electron chi connectivity index (χ2n) is 5.60. The van der Waals surface area contributed by atoms with E-state index in [1.54, 1.807) is 23.1 Å². The van der Waals surface area contributed by atoms with Crippen molar-refractivity contribution >= 4 is 23.1 Å². The highest BCUT2D eigenvalue weighted by Gasteiger charge is 2.19. The highest BCUT2D eigenvalue weighted by atomic mass is 32.2. The highest BCUT2D eigenvalue weighted by Crippen LogP contribution is 2.35. The Bertz CT molecular complexity index is 975. The number of rotatable bonds is 5. The molecule has 25 heavy (non-hydrogen) atoms. The Hall–Kier alpha value is -2.38. The minimum Gasteiger partial charge on any atom is -0.419 e. The Morgan fingerprint density at radius 3 is 2.92 bits per heavy atom. The summed E-state index contributed by atoms with van der Waals surface area (Å²) in [7, 11) is 0. The van der Waals surface area contributed by atoms with E-state index in [0.717, 1.165) is 15.7 Å². The van der Waals surface area contributed by atoms with Gasteiger partial charge in [0, 0.05) is 18.1 Å². The van der Waals surface area contributed by atoms with Crippen LogP contribution in [0.2, 0.25) is 0 Å². The van der Waals surface area contributed by atoms with Crippen LogP contribution in [0.4, 0.5) is 0 Å². The van der Waals surface area contributed by atoms with E-state index in [-0.39, 0.29) is 5.25 Å². The molecule has 0 radical (unpaired) electrons. The summed E-state index contributed by atoms with van der Waals surface area (Å²) in [6.07, 6.45) is 3.77. The third-order valence-corrected chi connectivity index (χ3v) is 5.62. The van der Waals surface area contributed by atoms with Crippen molar-refractivity contribution in [2.45, 2.75) is 24.3 Å². The molecule has 0 spiro atoms. The minimum atomic E-state index is 0.00664. The van der Waals surface area contributed by atoms with E-state index in [0.29, 0.717) is 11.8 Å². The van der Waals surface area contributed by atoms with Gasteiger partial charge in [-0.05, 0) is 43.0 Å². The molecule has 7 heteroatoms. The molecular formula is C18H16N4OS2. The van der Waals surface area contributed by atoms with Crippen molar-refractivity contribution < 1.29 is 4.42 Å². The molecule has 0 saturated heterocycles. The van der Waals surface area contributed by atoms with E-state index >= 15 is 0 Å². The van der Waals surface area contributed by atoms with Crippen molar-refractivity contribution in [2.75, 3.05) is 0 Å². The lowest BCUT2D eigenvalue weighted by molar-refractivity contribution is 0.510. The molecule has 0 aliphatic heterocycles. The van der Waals surface area contributed by atoms with Crippen LogP contribution in [0.5, 0.6) is 0 Å². The largest absolute Gasteiger partial charge is 0.419 e. The number of thioether (sulfide) groups is 1. The number of aromatic nitrogens is 4. The van der Waals surface area contributed by atoms with Gasteiger partial charge in [-0.2, -0.15) is 0 Å². The fourth-order valence-corrected chi connectivity index (χ4v) is 4.02. The Labute approximate surface area is 153 Å². The zero-order valence-corrected chi connectivity index (χ0v) is 15.4. The van der Waals surface area contributed by atoms with Crippen LogP contribution >= 0.6 is 23.1 Å². The second-order valence-corrected chi connectivity index (χ2v) is 7.86. The first kappa shape index (κ1) is 16.1. The molecule has 4 rings (SSSR count). The van der Waals surface area contributed by atoms with Crippen LogP contribution < -0.4 is 0 Å². The molecule has 126 valence electrons. The normalized spacial score (nSPS) is 12.4. The van der Waals surface area contributed by atoms with Gasteiger partial charge in [-0.15, -0.1) is 21.5 Å². The smallest absolute Gasteiger partial charge is 0.257 e. The van der Waals surface area contributed by atoms with Crippen molar-refractivity contribution in [1.29, 1.82) is 0 Å². The SMILES string of the molecule is Cc1cccc(-n2ccnc2SC(C)c2nnc(-c3cccs3)o2)c1. The van der Waals surface area contributed by atoms with Gasteiger partial charge in [0.15, 0.2) is 5.16 Å². The number of hydrogen-bond donors (Lipinski definition) is 0. The fraction of sp³-hybridized carbons (Fsp3) is 0.167. The summed E-state index contributed by atoms with van der Waals surface area (Å²) in [4.78, 5) is 5.47. The van der Waals surface area contributed by atoms with Crippen LogP contribution in [-0.4, -0.2) is 19.7 Å². The second kappa shape index (κ2) is 6.85. The third kappa shape index (κ3) is 3.38. The van der Waals surface area contributed by atoms with Crippen molar-refractivity contribution in [3.63, 3.8) is 0 Å². The molecule has 0 fully saturated rings. The summed E-state index contributed by atoms with van der Waals surface area (Å²) in [6, 6.07) is 12.3. The molecule has 0 saturated carbocycles. The van der Waals surface area contributed by atoms with Gasteiger partial charge in [0.05, 0.1) is 10.1 Å². The lowest BCUT2D eigenvalue weighted by Crippen LogP contribution is -1.98. The first-order valence-electron chi connectivity index (χ1n) is 7.85. The first-order valence-corrected chi connectivity index (χ1v) is 9.61. The van der Waals surface area contributed by atoms with Gasteiger partial charge >= 0.3 is 0 Å². The molecule has 4 aromatic rings. The number of nitrogens with zero attached hydrogens (tertiary/aromatic N) is 4. The number of thiophene rings is 1. The maximum Gasteiger partial charge on any atom is 0.257 e. The Morgan fingerprint density at radius 2 is 2.12 bits per heavy atom. The van der Waals surface area contributed by atoms with E-state index in [9.17, 15) is 0 Å². The zero-order chi connectivity index (χ0) is 17.2. The van der Waals surface area contributed by atoms with Crippen molar-refractivity contribution in [2.24, 2.45) is 0 Å². The van der Waals surface area contributed by atoms with E-state index in [1.165, 1.54) is 5.56 Å². The van der Waals surface area contributed by atoms with Crippen LogP contribution in [0.15, 0.2) is 63.7 Å². The van der Waals surface area contributed by atoms with Gasteiger partial charge in [-0.25, -0.2) is 4.98 Å². The van der Waals surface area contributed by atoms with E-state index in [4.69, 9.17) is 4.42 Å². The van der Waals surface area contributed by atoms with Crippen molar-refractivity contribution in [3.8, 4) is 16.5 Å². The summed E-state index contributed by atoms with van der Waals surface area (Å²) in [5.74, 6) is 1.17. The molecule has 1 unspecified atom stereocenters. The molecule has 5 nitrogen and oxygen atoms in total. The van der Waals surface area contributed by atoms with Crippen LogP contribution in [0.25, 0.3) is 16.5 Å². The van der Waals surface area contributed by atoms with Crippen LogP contribution in [-0.2, 0) is 0 Å². The van der Waals surface area contributed by atoms with E-state index in [2.05, 4.69) is 44.9 Å². The molecule has 1 atom stereocenters. The third-order valence-electron chi connectivity index (χ3n) is 3.69. The molecule has 3 heterocycles. The predicted molar refractivity (Wildman–Crippen MR) is 100 cm³/mol. The summed E-state index contributed by atoms with van der Waals surface area (Å²) >= 11 is 3.19. The van der Waals surface area contributed by atoms with Gasteiger partial charge in [-0.3, -0.25) is 4.57 Å². The highest BCUT2D eigenvalue weighted by molar-refractivity contribution is 7.99. The maximum absolute atomic E-state index is 5.83. The Balaban J connectivity index is 1.56. The fourth-order valence-electron chi connectivity index (χ4n) is 2.46. The lowest BCUT2D eigenvalue weighted by Gasteiger charge is -2.10. The quantitative estimate of drug-likeness (QED) is 0.456. The van der Waals surface area contributed by atoms with Gasteiger partial charge in [0.2, 0.25) is 5.89 Å². The molecule has 3 aromatic heterocycles. The summed E-state index contributed by atoms with van der Waals surface area (Å²) in [5, 5.41) is 11.3. The van der Waals surface area contributed by atoms with Crippen LogP contribution in [0, 0.1) is 6.92 Å². The van der Waals surface area contributed by atoms with Crippen molar-refractivity contribution in [1.82, 2.24) is 19.7 Å². The summed E-state index contributed by atoms with van der Waals surface area (Å²) in [6.45, 7) is 4.13. The first-order chi connectivity index (χ1) is 12.2. The molecule has 1 aromatic carbocycles. The topological polar surface area (TPSA) is 56.7 Å². The Kier molecular flexibility index (Phi) is 4.42. The maximum atomic E-state index is 5.83. The van der Waals surface area contributed by atoms with Gasteiger partial charge in [-0.1, -0.05) is 30.0 Å². The molecule has 0 amide bonds. The molecule has 0 N–H and O–H groups in total. The number of benzene rings is 1. The molecule has 0 aliphatic rings. The standard InChI is InChI=1S/C18H16N4OS2/c1-12-5-3-6-14(11-12)22-9-8-19-18(22)25-13(2)16-20-21-17(23-16)15-7-4-10-24-15/h3-11,13H,1-2H3. The lowest BCUT2D eigenvalue weighted by atomic mass is 10.2. The number of hydrogen-bond acceptors (Lipinski definition) is 6. The molecule has 0 bridgehead atoms. The average molecular weight is 368 g/mol. The molecule has 0 aliphatic carbocycles. The summed E-state index contributed by atoms with van der Waals surface area (Å²) < 4.78 is 7.91. The van der Waals surface area contributed by atoms with Crippen LogP contribution in [0.3, 0.4) is 0 Å². The van der Waals surface area contributed by atoms with Crippen molar-refractivity contribution in [3.05, 3.63) is 65.6 Å². The van der Waals surface area contributed by atoms with Gasteiger partial charge in [0.1, 0.15) is 0 Å². The van der Waals surface area contributed by atoms with Crippen LogP contribution in [0.1, 0.15) is 23.6 Å². The monoisotopic (exact) mass is 368 g/mol. The molecular weight excluding hydrogens is 352 g/mol. The van der Waals surface area contributed by atoms with Gasteiger partial charge in [0.25, 0.3) is 5.89 Å².